The first-order valence-electron chi connectivity index (χ1n) is 9.31. The Morgan fingerprint density at radius 1 is 1.19 bits per heavy atom. The molecular formula is C22H20BrF2N3O3. The normalized spacial score (nSPS) is 10.8. The van der Waals surface area contributed by atoms with E-state index in [9.17, 15) is 18.4 Å². The summed E-state index contributed by atoms with van der Waals surface area (Å²) >= 11 is 3.20. The average molecular weight is 492 g/mol. The fourth-order valence-corrected chi connectivity index (χ4v) is 3.34. The zero-order valence-electron chi connectivity index (χ0n) is 17.2. The van der Waals surface area contributed by atoms with Crippen molar-refractivity contribution in [3.63, 3.8) is 0 Å². The van der Waals surface area contributed by atoms with Crippen molar-refractivity contribution in [2.45, 2.75) is 20.1 Å². The van der Waals surface area contributed by atoms with Crippen LogP contribution in [0.4, 0.5) is 8.78 Å². The number of hydrogen-bond acceptors (Lipinski definition) is 4. The van der Waals surface area contributed by atoms with E-state index in [0.29, 0.717) is 11.4 Å². The summed E-state index contributed by atoms with van der Waals surface area (Å²) in [5.74, 6) is -1.17. The summed E-state index contributed by atoms with van der Waals surface area (Å²) < 4.78 is 33.9. The lowest BCUT2D eigenvalue weighted by Crippen LogP contribution is -2.26. The van der Waals surface area contributed by atoms with Crippen LogP contribution in [0.2, 0.25) is 0 Å². The number of amides is 1. The predicted molar refractivity (Wildman–Crippen MR) is 115 cm³/mol. The molecule has 6 nitrogen and oxygen atoms in total. The SMILES string of the molecule is Cc1nc(OCc2ccc(F)cc2F)c(Br)c(=O)n1Cc1cccc(C(=O)N(C)C)c1. The Bertz CT molecular complexity index is 1200. The monoisotopic (exact) mass is 491 g/mol. The van der Waals surface area contributed by atoms with Crippen LogP contribution in [0.3, 0.4) is 0 Å². The number of aromatic nitrogens is 2. The minimum absolute atomic E-state index is 0.0130. The van der Waals surface area contributed by atoms with Crippen LogP contribution in [0.15, 0.2) is 51.7 Å². The maximum atomic E-state index is 13.8. The predicted octanol–water partition coefficient (Wildman–Crippen LogP) is 3.92. The summed E-state index contributed by atoms with van der Waals surface area (Å²) in [6.07, 6.45) is 0. The molecule has 162 valence electrons. The van der Waals surface area contributed by atoms with Crippen LogP contribution in [0.25, 0.3) is 0 Å². The van der Waals surface area contributed by atoms with Gasteiger partial charge >= 0.3 is 0 Å². The fourth-order valence-electron chi connectivity index (χ4n) is 2.92. The molecule has 1 amide bonds. The summed E-state index contributed by atoms with van der Waals surface area (Å²) in [4.78, 5) is 30.8. The highest BCUT2D eigenvalue weighted by atomic mass is 79.9. The van der Waals surface area contributed by atoms with Crippen molar-refractivity contribution in [2.75, 3.05) is 14.1 Å². The first-order chi connectivity index (χ1) is 14.7. The molecule has 0 radical (unpaired) electrons. The second-order valence-corrected chi connectivity index (χ2v) is 7.89. The Balaban J connectivity index is 1.84. The second kappa shape index (κ2) is 9.38. The molecule has 1 aromatic heterocycles. The molecule has 0 spiro atoms. The zero-order chi connectivity index (χ0) is 22.7. The first-order valence-corrected chi connectivity index (χ1v) is 10.1. The molecule has 0 saturated carbocycles. The number of ether oxygens (including phenoxy) is 1. The highest BCUT2D eigenvalue weighted by Crippen LogP contribution is 2.21. The number of rotatable bonds is 6. The lowest BCUT2D eigenvalue weighted by Gasteiger charge is -2.15. The molecule has 0 bridgehead atoms. The van der Waals surface area contributed by atoms with Crippen molar-refractivity contribution in [2.24, 2.45) is 0 Å². The third-order valence-electron chi connectivity index (χ3n) is 4.57. The van der Waals surface area contributed by atoms with Gasteiger partial charge in [0.05, 0.1) is 6.54 Å². The highest BCUT2D eigenvalue weighted by Gasteiger charge is 2.16. The van der Waals surface area contributed by atoms with E-state index < -0.39 is 11.6 Å². The van der Waals surface area contributed by atoms with E-state index in [1.807, 2.05) is 6.07 Å². The van der Waals surface area contributed by atoms with E-state index in [4.69, 9.17) is 4.74 Å². The largest absolute Gasteiger partial charge is 0.472 e. The molecule has 31 heavy (non-hydrogen) atoms. The van der Waals surface area contributed by atoms with Crippen molar-refractivity contribution in [1.82, 2.24) is 14.5 Å². The fraction of sp³-hybridized carbons (Fsp3) is 0.227. The van der Waals surface area contributed by atoms with Gasteiger partial charge < -0.3 is 9.64 Å². The molecule has 3 rings (SSSR count). The number of aryl methyl sites for hydroxylation is 1. The van der Waals surface area contributed by atoms with Crippen LogP contribution in [-0.2, 0) is 13.2 Å². The van der Waals surface area contributed by atoms with Crippen molar-refractivity contribution in [3.05, 3.63) is 91.4 Å². The van der Waals surface area contributed by atoms with Crippen LogP contribution in [0.5, 0.6) is 5.88 Å². The standard InChI is InChI=1S/C22H20BrF2N3O3/c1-13-26-20(31-12-16-7-8-17(24)10-18(16)25)19(23)22(30)28(13)11-14-5-4-6-15(9-14)21(29)27(2)3/h4-10H,11-12H2,1-3H3. The van der Waals surface area contributed by atoms with E-state index in [1.54, 1.807) is 39.2 Å². The van der Waals surface area contributed by atoms with Gasteiger partial charge in [0, 0.05) is 31.3 Å². The van der Waals surface area contributed by atoms with Crippen LogP contribution < -0.4 is 10.3 Å². The third kappa shape index (κ3) is 5.16. The maximum absolute atomic E-state index is 13.8. The maximum Gasteiger partial charge on any atom is 0.272 e. The van der Waals surface area contributed by atoms with E-state index in [0.717, 1.165) is 17.7 Å². The molecule has 9 heteroatoms. The number of benzene rings is 2. The highest BCUT2D eigenvalue weighted by molar-refractivity contribution is 9.10. The second-order valence-electron chi connectivity index (χ2n) is 7.09. The average Bonchev–Trinajstić information content (AvgIpc) is 2.73. The first kappa shape index (κ1) is 22.6. The van der Waals surface area contributed by atoms with Crippen LogP contribution >= 0.6 is 15.9 Å². The van der Waals surface area contributed by atoms with Gasteiger partial charge in [-0.05, 0) is 52.7 Å². The molecule has 0 atom stereocenters. The Kier molecular flexibility index (Phi) is 6.84. The van der Waals surface area contributed by atoms with Gasteiger partial charge in [-0.1, -0.05) is 12.1 Å². The summed E-state index contributed by atoms with van der Waals surface area (Å²) in [7, 11) is 3.34. The minimum Gasteiger partial charge on any atom is -0.472 e. The lowest BCUT2D eigenvalue weighted by atomic mass is 10.1. The van der Waals surface area contributed by atoms with Crippen LogP contribution in [0.1, 0.15) is 27.3 Å². The van der Waals surface area contributed by atoms with Gasteiger partial charge in [-0.25, -0.2) is 8.78 Å². The Hall–Kier alpha value is -3.07. The minimum atomic E-state index is -0.742. The van der Waals surface area contributed by atoms with Gasteiger partial charge in [0.2, 0.25) is 5.88 Å². The number of carbonyl (C=O) groups is 1. The van der Waals surface area contributed by atoms with Gasteiger partial charge in [0.25, 0.3) is 11.5 Å². The number of halogens is 3. The summed E-state index contributed by atoms with van der Waals surface area (Å²) in [6.45, 7) is 1.64. The molecule has 2 aromatic carbocycles. The molecule has 1 heterocycles. The van der Waals surface area contributed by atoms with Crippen molar-refractivity contribution < 1.29 is 18.3 Å². The van der Waals surface area contributed by atoms with Gasteiger partial charge in [-0.3, -0.25) is 14.2 Å². The van der Waals surface area contributed by atoms with Crippen LogP contribution in [0, 0.1) is 18.6 Å². The molecule has 0 aliphatic rings. The van der Waals surface area contributed by atoms with Crippen molar-refractivity contribution in [3.8, 4) is 5.88 Å². The van der Waals surface area contributed by atoms with Gasteiger partial charge in [0.1, 0.15) is 28.5 Å². The topological polar surface area (TPSA) is 64.4 Å². The third-order valence-corrected chi connectivity index (χ3v) is 5.25. The van der Waals surface area contributed by atoms with Gasteiger partial charge in [-0.15, -0.1) is 0 Å². The molecule has 3 aromatic rings. The van der Waals surface area contributed by atoms with E-state index in [-0.39, 0.29) is 40.5 Å². The van der Waals surface area contributed by atoms with E-state index in [1.165, 1.54) is 15.5 Å². The smallest absolute Gasteiger partial charge is 0.272 e. The summed E-state index contributed by atoms with van der Waals surface area (Å²) in [5, 5.41) is 0. The molecule has 0 aliphatic heterocycles. The molecule has 0 fully saturated rings. The Morgan fingerprint density at radius 3 is 2.61 bits per heavy atom. The summed E-state index contributed by atoms with van der Waals surface area (Å²) in [5.41, 5.74) is 1.03. The van der Waals surface area contributed by atoms with Crippen molar-refractivity contribution >= 4 is 21.8 Å². The number of hydrogen-bond donors (Lipinski definition) is 0. The van der Waals surface area contributed by atoms with Crippen molar-refractivity contribution in [1.29, 1.82) is 0 Å². The van der Waals surface area contributed by atoms with Crippen LogP contribution in [-0.4, -0.2) is 34.5 Å². The van der Waals surface area contributed by atoms with Gasteiger partial charge in [-0.2, -0.15) is 4.98 Å². The van der Waals surface area contributed by atoms with Gasteiger partial charge in [0.15, 0.2) is 0 Å². The quantitative estimate of drug-likeness (QED) is 0.524. The summed E-state index contributed by atoms with van der Waals surface area (Å²) in [6, 6.07) is 10.2. The zero-order valence-corrected chi connectivity index (χ0v) is 18.7. The number of carbonyl (C=O) groups excluding carboxylic acids is 1. The molecule has 0 N–H and O–H groups in total. The molecule has 0 aliphatic carbocycles. The van der Waals surface area contributed by atoms with E-state index in [2.05, 4.69) is 20.9 Å². The Labute approximate surface area is 186 Å². The lowest BCUT2D eigenvalue weighted by molar-refractivity contribution is 0.0827. The number of nitrogens with zero attached hydrogens (tertiary/aromatic N) is 3. The van der Waals surface area contributed by atoms with E-state index >= 15 is 0 Å². The molecule has 0 saturated heterocycles. The molecular weight excluding hydrogens is 472 g/mol. The Morgan fingerprint density at radius 2 is 1.94 bits per heavy atom. The molecule has 0 unspecified atom stereocenters.